The zero-order chi connectivity index (χ0) is 15.8. The van der Waals surface area contributed by atoms with Gasteiger partial charge in [0.05, 0.1) is 8.95 Å². The first-order valence-electron chi connectivity index (χ1n) is 6.88. The summed E-state index contributed by atoms with van der Waals surface area (Å²) in [6.45, 7) is 4.47. The van der Waals surface area contributed by atoms with E-state index in [9.17, 15) is 9.59 Å². The quantitative estimate of drug-likeness (QED) is 0.508. The van der Waals surface area contributed by atoms with Gasteiger partial charge in [0, 0.05) is 12.1 Å². The molecule has 0 saturated heterocycles. The zero-order valence-electron chi connectivity index (χ0n) is 12.1. The summed E-state index contributed by atoms with van der Waals surface area (Å²) in [6.07, 6.45) is 3.32. The number of carbonyl (C=O) groups is 2. The Morgan fingerprint density at radius 2 is 1.95 bits per heavy atom. The lowest BCUT2D eigenvalue weighted by atomic mass is 10.2. The van der Waals surface area contributed by atoms with Crippen LogP contribution in [-0.2, 0) is 4.79 Å². The number of unbranched alkanes of at least 4 members (excludes halogenated alkanes) is 2. The number of halogens is 2. The van der Waals surface area contributed by atoms with Crippen molar-refractivity contribution in [2.45, 2.75) is 39.2 Å². The van der Waals surface area contributed by atoms with Gasteiger partial charge in [0.15, 0.2) is 6.10 Å². The van der Waals surface area contributed by atoms with Gasteiger partial charge < -0.3 is 10.1 Å². The maximum absolute atomic E-state index is 11.9. The van der Waals surface area contributed by atoms with Crippen molar-refractivity contribution in [2.75, 3.05) is 6.54 Å². The molecule has 1 unspecified atom stereocenters. The Balaban J connectivity index is 2.64. The fourth-order valence-corrected chi connectivity index (χ4v) is 3.13. The van der Waals surface area contributed by atoms with E-state index in [0.717, 1.165) is 25.5 Å². The Hall–Kier alpha value is -0.880. The van der Waals surface area contributed by atoms with Crippen LogP contribution in [0.3, 0.4) is 0 Å². The van der Waals surface area contributed by atoms with E-state index in [-0.39, 0.29) is 5.91 Å². The topological polar surface area (TPSA) is 55.4 Å². The summed E-state index contributed by atoms with van der Waals surface area (Å²) in [4.78, 5) is 22.7. The maximum Gasteiger partial charge on any atom is 0.260 e. The number of hydrogen-bond acceptors (Lipinski definition) is 3. The van der Waals surface area contributed by atoms with Crippen molar-refractivity contribution in [3.05, 3.63) is 26.6 Å². The van der Waals surface area contributed by atoms with Gasteiger partial charge in [-0.3, -0.25) is 9.59 Å². The fourth-order valence-electron chi connectivity index (χ4n) is 1.72. The Labute approximate surface area is 141 Å². The molecule has 1 N–H and O–H groups in total. The fraction of sp³-hybridized carbons (Fsp3) is 0.467. The van der Waals surface area contributed by atoms with E-state index < -0.39 is 6.10 Å². The maximum atomic E-state index is 11.9. The summed E-state index contributed by atoms with van der Waals surface area (Å²) in [7, 11) is 0. The molecule has 4 nitrogen and oxygen atoms in total. The first-order valence-corrected chi connectivity index (χ1v) is 8.46. The van der Waals surface area contributed by atoms with Crippen LogP contribution in [-0.4, -0.2) is 24.8 Å². The highest BCUT2D eigenvalue weighted by Gasteiger charge is 2.18. The van der Waals surface area contributed by atoms with Crippen molar-refractivity contribution in [3.8, 4) is 5.75 Å². The van der Waals surface area contributed by atoms with Gasteiger partial charge >= 0.3 is 0 Å². The lowest BCUT2D eigenvalue weighted by Crippen LogP contribution is -2.36. The minimum atomic E-state index is -0.610. The lowest BCUT2D eigenvalue weighted by Gasteiger charge is -2.17. The van der Waals surface area contributed by atoms with Crippen molar-refractivity contribution in [1.82, 2.24) is 5.32 Å². The highest BCUT2D eigenvalue weighted by atomic mass is 79.9. The van der Waals surface area contributed by atoms with Gasteiger partial charge in [-0.25, -0.2) is 0 Å². The van der Waals surface area contributed by atoms with Crippen molar-refractivity contribution in [1.29, 1.82) is 0 Å². The highest BCUT2D eigenvalue weighted by Crippen LogP contribution is 2.35. The molecule has 1 aromatic rings. The standard InChI is InChI=1S/C15H19Br2NO3/c1-3-4-5-6-18-15(20)10(2)21-14-12(16)7-11(9-19)8-13(14)17/h7-10H,3-6H2,1-2H3,(H,18,20). The molecule has 0 aliphatic heterocycles. The van der Waals surface area contributed by atoms with Gasteiger partial charge in [0.2, 0.25) is 0 Å². The van der Waals surface area contributed by atoms with Gasteiger partial charge in [-0.05, 0) is 57.3 Å². The average Bonchev–Trinajstić information content (AvgIpc) is 2.46. The minimum absolute atomic E-state index is 0.149. The third-order valence-corrected chi connectivity index (χ3v) is 4.08. The number of hydrogen-bond donors (Lipinski definition) is 1. The molecule has 1 atom stereocenters. The molecule has 0 aliphatic carbocycles. The van der Waals surface area contributed by atoms with Crippen LogP contribution < -0.4 is 10.1 Å². The summed E-state index contributed by atoms with van der Waals surface area (Å²) in [5, 5.41) is 2.85. The van der Waals surface area contributed by atoms with Crippen LogP contribution in [0, 0.1) is 0 Å². The molecule has 0 bridgehead atoms. The van der Waals surface area contributed by atoms with Gasteiger partial charge in [-0.15, -0.1) is 0 Å². The normalized spacial score (nSPS) is 11.8. The third kappa shape index (κ3) is 5.79. The molecule has 1 rings (SSSR count). The first-order chi connectivity index (χ1) is 9.99. The van der Waals surface area contributed by atoms with E-state index >= 15 is 0 Å². The van der Waals surface area contributed by atoms with Gasteiger partial charge in [0.25, 0.3) is 5.91 Å². The molecular formula is C15H19Br2NO3. The summed E-state index contributed by atoms with van der Waals surface area (Å²) < 4.78 is 6.93. The Kier molecular flexibility index (Phi) is 7.96. The number of ether oxygens (including phenoxy) is 1. The number of rotatable bonds is 8. The molecule has 0 heterocycles. The van der Waals surface area contributed by atoms with Crippen LogP contribution in [0.4, 0.5) is 0 Å². The number of amides is 1. The largest absolute Gasteiger partial charge is 0.479 e. The van der Waals surface area contributed by atoms with Crippen LogP contribution in [0.1, 0.15) is 43.5 Å². The average molecular weight is 421 g/mol. The van der Waals surface area contributed by atoms with E-state index in [1.54, 1.807) is 19.1 Å². The Bertz CT molecular complexity index is 483. The van der Waals surface area contributed by atoms with Gasteiger partial charge in [-0.1, -0.05) is 19.8 Å². The molecule has 0 saturated carbocycles. The Morgan fingerprint density at radius 1 is 1.33 bits per heavy atom. The van der Waals surface area contributed by atoms with Crippen LogP contribution in [0.5, 0.6) is 5.75 Å². The van der Waals surface area contributed by atoms with E-state index in [1.807, 2.05) is 0 Å². The minimum Gasteiger partial charge on any atom is -0.479 e. The van der Waals surface area contributed by atoms with Gasteiger partial charge in [-0.2, -0.15) is 0 Å². The smallest absolute Gasteiger partial charge is 0.260 e. The number of benzene rings is 1. The molecule has 116 valence electrons. The number of carbonyl (C=O) groups excluding carboxylic acids is 2. The van der Waals surface area contributed by atoms with Crippen LogP contribution in [0.25, 0.3) is 0 Å². The molecule has 1 amide bonds. The second-order valence-corrected chi connectivity index (χ2v) is 6.40. The Morgan fingerprint density at radius 3 is 2.48 bits per heavy atom. The van der Waals surface area contributed by atoms with E-state index in [1.165, 1.54) is 0 Å². The second-order valence-electron chi connectivity index (χ2n) is 4.69. The van der Waals surface area contributed by atoms with Crippen molar-refractivity contribution >= 4 is 44.1 Å². The van der Waals surface area contributed by atoms with Crippen LogP contribution in [0.2, 0.25) is 0 Å². The molecule has 1 aromatic carbocycles. The third-order valence-electron chi connectivity index (χ3n) is 2.90. The SMILES string of the molecule is CCCCCNC(=O)C(C)Oc1c(Br)cc(C=O)cc1Br. The van der Waals surface area contributed by atoms with E-state index in [0.29, 0.717) is 26.8 Å². The summed E-state index contributed by atoms with van der Waals surface area (Å²) in [6, 6.07) is 3.30. The summed E-state index contributed by atoms with van der Waals surface area (Å²) in [5.41, 5.74) is 0.526. The first kappa shape index (κ1) is 18.2. The molecule has 0 radical (unpaired) electrons. The second kappa shape index (κ2) is 9.20. The molecule has 0 aromatic heterocycles. The monoisotopic (exact) mass is 419 g/mol. The van der Waals surface area contributed by atoms with Crippen molar-refractivity contribution in [2.24, 2.45) is 0 Å². The van der Waals surface area contributed by atoms with Crippen molar-refractivity contribution in [3.63, 3.8) is 0 Å². The van der Waals surface area contributed by atoms with E-state index in [4.69, 9.17) is 4.74 Å². The van der Waals surface area contributed by atoms with Crippen LogP contribution in [0.15, 0.2) is 21.1 Å². The molecule has 0 spiro atoms. The predicted octanol–water partition coefficient (Wildman–Crippen LogP) is 4.10. The molecular weight excluding hydrogens is 402 g/mol. The molecule has 6 heteroatoms. The van der Waals surface area contributed by atoms with Gasteiger partial charge in [0.1, 0.15) is 12.0 Å². The predicted molar refractivity (Wildman–Crippen MR) is 89.9 cm³/mol. The number of nitrogens with one attached hydrogen (secondary N) is 1. The molecule has 0 aliphatic rings. The molecule has 21 heavy (non-hydrogen) atoms. The highest BCUT2D eigenvalue weighted by molar-refractivity contribution is 9.11. The van der Waals surface area contributed by atoms with Crippen molar-refractivity contribution < 1.29 is 14.3 Å². The van der Waals surface area contributed by atoms with E-state index in [2.05, 4.69) is 44.1 Å². The lowest BCUT2D eigenvalue weighted by molar-refractivity contribution is -0.127. The van der Waals surface area contributed by atoms with Crippen LogP contribution >= 0.6 is 31.9 Å². The zero-order valence-corrected chi connectivity index (χ0v) is 15.3. The summed E-state index contributed by atoms with van der Waals surface area (Å²) in [5.74, 6) is 0.362. The number of aldehydes is 1. The molecule has 0 fully saturated rings. The summed E-state index contributed by atoms with van der Waals surface area (Å²) >= 11 is 6.69.